The Kier molecular flexibility index (Phi) is 1.57. The summed E-state index contributed by atoms with van der Waals surface area (Å²) in [4.78, 5) is 0. The van der Waals surface area contributed by atoms with Gasteiger partial charge in [0.25, 0.3) is 0 Å². The molecule has 0 spiro atoms. The van der Waals surface area contributed by atoms with Gasteiger partial charge >= 0.3 is 0 Å². The zero-order valence-electron chi connectivity index (χ0n) is 7.73. The molecule has 1 nitrogen and oxygen atoms in total. The van der Waals surface area contributed by atoms with Crippen LogP contribution in [0, 0.1) is 0 Å². The van der Waals surface area contributed by atoms with Gasteiger partial charge in [0.2, 0.25) is 0 Å². The molecule has 68 valence electrons. The van der Waals surface area contributed by atoms with Gasteiger partial charge in [0.15, 0.2) is 0 Å². The maximum atomic E-state index is 5.65. The molecule has 3 rings (SSSR count). The topological polar surface area (TPSA) is 9.23 Å². The van der Waals surface area contributed by atoms with E-state index in [0.29, 0.717) is 6.61 Å². The summed E-state index contributed by atoms with van der Waals surface area (Å²) in [6.45, 7) is 0.682. The summed E-state index contributed by atoms with van der Waals surface area (Å²) in [5.41, 5.74) is 1.18. The van der Waals surface area contributed by atoms with Gasteiger partial charge in [-0.1, -0.05) is 42.5 Å². The summed E-state index contributed by atoms with van der Waals surface area (Å²) < 4.78 is 5.65. The summed E-state index contributed by atoms with van der Waals surface area (Å²) in [7, 11) is 0. The Hall–Kier alpha value is -1.76. The van der Waals surface area contributed by atoms with Gasteiger partial charge < -0.3 is 4.74 Å². The van der Waals surface area contributed by atoms with Crippen molar-refractivity contribution in [3.05, 3.63) is 48.0 Å². The van der Waals surface area contributed by atoms with Crippen molar-refractivity contribution in [2.24, 2.45) is 0 Å². The zero-order valence-corrected chi connectivity index (χ0v) is 7.73. The highest BCUT2D eigenvalue weighted by molar-refractivity contribution is 5.92. The molecular weight excluding hydrogens is 172 g/mol. The first-order chi connectivity index (χ1) is 6.95. The predicted octanol–water partition coefficient (Wildman–Crippen LogP) is 3.25. The molecule has 0 aliphatic carbocycles. The van der Waals surface area contributed by atoms with Crippen LogP contribution < -0.4 is 4.74 Å². The van der Waals surface area contributed by atoms with Crippen molar-refractivity contribution in [2.75, 3.05) is 6.61 Å². The standard InChI is InChI=1S/C13H10O/c1-2-6-12-10(4-1)7-8-11-5-3-9-14-13(11)12/h1-8H,9H2. The smallest absolute Gasteiger partial charge is 0.134 e. The van der Waals surface area contributed by atoms with Crippen LogP contribution in [-0.4, -0.2) is 6.61 Å². The summed E-state index contributed by atoms with van der Waals surface area (Å²) >= 11 is 0. The van der Waals surface area contributed by atoms with Crippen molar-refractivity contribution in [3.63, 3.8) is 0 Å². The lowest BCUT2D eigenvalue weighted by Gasteiger charge is -2.14. The number of fused-ring (bicyclic) bond motifs is 3. The van der Waals surface area contributed by atoms with Crippen LogP contribution in [0.15, 0.2) is 42.5 Å². The third-order valence-electron chi connectivity index (χ3n) is 2.53. The molecule has 0 bridgehead atoms. The Bertz CT molecular complexity index is 512. The second-order valence-electron chi connectivity index (χ2n) is 3.42. The minimum atomic E-state index is 0.682. The summed E-state index contributed by atoms with van der Waals surface area (Å²) in [5.74, 6) is 1.02. The van der Waals surface area contributed by atoms with Crippen LogP contribution in [0.5, 0.6) is 5.75 Å². The van der Waals surface area contributed by atoms with E-state index in [1.54, 1.807) is 0 Å². The molecule has 1 heterocycles. The molecule has 2 aromatic carbocycles. The average molecular weight is 182 g/mol. The minimum absolute atomic E-state index is 0.682. The molecule has 0 aromatic heterocycles. The fraction of sp³-hybridized carbons (Fsp3) is 0.0769. The number of hydrogen-bond acceptors (Lipinski definition) is 1. The molecule has 0 radical (unpaired) electrons. The maximum Gasteiger partial charge on any atom is 0.134 e. The van der Waals surface area contributed by atoms with Crippen LogP contribution in [0.1, 0.15) is 5.56 Å². The normalized spacial score (nSPS) is 13.7. The summed E-state index contributed by atoms with van der Waals surface area (Å²) in [6.07, 6.45) is 4.16. The predicted molar refractivity (Wildman–Crippen MR) is 58.5 cm³/mol. The van der Waals surface area contributed by atoms with Crippen molar-refractivity contribution in [2.45, 2.75) is 0 Å². The first kappa shape index (κ1) is 7.63. The number of benzene rings is 2. The third kappa shape index (κ3) is 1.02. The Morgan fingerprint density at radius 1 is 1.00 bits per heavy atom. The summed E-state index contributed by atoms with van der Waals surface area (Å²) in [5, 5.41) is 2.44. The molecule has 0 saturated carbocycles. The number of hydrogen-bond donors (Lipinski definition) is 0. The monoisotopic (exact) mass is 182 g/mol. The molecule has 1 aliphatic heterocycles. The Balaban J connectivity index is 2.41. The third-order valence-corrected chi connectivity index (χ3v) is 2.53. The van der Waals surface area contributed by atoms with Gasteiger partial charge in [0.1, 0.15) is 12.4 Å². The highest BCUT2D eigenvalue weighted by Gasteiger charge is 2.08. The fourth-order valence-electron chi connectivity index (χ4n) is 1.86. The van der Waals surface area contributed by atoms with Crippen molar-refractivity contribution in [1.29, 1.82) is 0 Å². The van der Waals surface area contributed by atoms with Crippen LogP contribution in [0.2, 0.25) is 0 Å². The molecular formula is C13H10O. The van der Waals surface area contributed by atoms with Gasteiger partial charge in [-0.2, -0.15) is 0 Å². The zero-order chi connectivity index (χ0) is 9.38. The van der Waals surface area contributed by atoms with Crippen LogP contribution >= 0.6 is 0 Å². The molecule has 2 aromatic rings. The second-order valence-corrected chi connectivity index (χ2v) is 3.42. The van der Waals surface area contributed by atoms with E-state index in [2.05, 4.69) is 30.3 Å². The maximum absolute atomic E-state index is 5.65. The Morgan fingerprint density at radius 2 is 1.93 bits per heavy atom. The van der Waals surface area contributed by atoms with Crippen LogP contribution in [0.4, 0.5) is 0 Å². The highest BCUT2D eigenvalue weighted by atomic mass is 16.5. The van der Waals surface area contributed by atoms with Crippen LogP contribution in [-0.2, 0) is 0 Å². The van der Waals surface area contributed by atoms with Crippen LogP contribution in [0.25, 0.3) is 16.8 Å². The molecule has 14 heavy (non-hydrogen) atoms. The fourth-order valence-corrected chi connectivity index (χ4v) is 1.86. The molecule has 0 saturated heterocycles. The van der Waals surface area contributed by atoms with E-state index in [1.807, 2.05) is 18.2 Å². The molecule has 1 aliphatic rings. The molecule has 0 unspecified atom stereocenters. The minimum Gasteiger partial charge on any atom is -0.488 e. The quantitative estimate of drug-likeness (QED) is 0.607. The molecule has 1 heteroatoms. The lowest BCUT2D eigenvalue weighted by molar-refractivity contribution is 0.363. The highest BCUT2D eigenvalue weighted by Crippen LogP contribution is 2.32. The van der Waals surface area contributed by atoms with E-state index in [4.69, 9.17) is 4.74 Å². The van der Waals surface area contributed by atoms with Crippen molar-refractivity contribution in [1.82, 2.24) is 0 Å². The van der Waals surface area contributed by atoms with Crippen molar-refractivity contribution >= 4 is 16.8 Å². The second kappa shape index (κ2) is 2.88. The van der Waals surface area contributed by atoms with Gasteiger partial charge in [0, 0.05) is 10.9 Å². The van der Waals surface area contributed by atoms with E-state index in [0.717, 1.165) is 5.75 Å². The van der Waals surface area contributed by atoms with E-state index < -0.39 is 0 Å². The van der Waals surface area contributed by atoms with Gasteiger partial charge in [0.05, 0.1) is 0 Å². The Labute approximate surface area is 82.6 Å². The molecule has 0 atom stereocenters. The van der Waals surface area contributed by atoms with E-state index in [1.165, 1.54) is 16.3 Å². The van der Waals surface area contributed by atoms with Gasteiger partial charge in [-0.15, -0.1) is 0 Å². The lowest BCUT2D eigenvalue weighted by atomic mass is 10.0. The van der Waals surface area contributed by atoms with E-state index in [9.17, 15) is 0 Å². The molecule has 0 amide bonds. The van der Waals surface area contributed by atoms with Crippen molar-refractivity contribution < 1.29 is 4.74 Å². The van der Waals surface area contributed by atoms with E-state index >= 15 is 0 Å². The van der Waals surface area contributed by atoms with Crippen LogP contribution in [0.3, 0.4) is 0 Å². The first-order valence-corrected chi connectivity index (χ1v) is 4.76. The molecule has 0 fully saturated rings. The van der Waals surface area contributed by atoms with Gasteiger partial charge in [-0.3, -0.25) is 0 Å². The van der Waals surface area contributed by atoms with E-state index in [-0.39, 0.29) is 0 Å². The SMILES string of the molecule is C1=Cc2ccc3ccccc3c2OC1. The largest absolute Gasteiger partial charge is 0.488 e. The lowest BCUT2D eigenvalue weighted by Crippen LogP contribution is -2.00. The number of ether oxygens (including phenoxy) is 1. The average Bonchev–Trinajstić information content (AvgIpc) is 2.29. The first-order valence-electron chi connectivity index (χ1n) is 4.76. The van der Waals surface area contributed by atoms with Gasteiger partial charge in [-0.25, -0.2) is 0 Å². The number of rotatable bonds is 0. The summed E-state index contributed by atoms with van der Waals surface area (Å²) in [6, 6.07) is 12.5. The molecule has 0 N–H and O–H groups in total. The van der Waals surface area contributed by atoms with Crippen molar-refractivity contribution in [3.8, 4) is 5.75 Å². The Morgan fingerprint density at radius 3 is 2.93 bits per heavy atom. The van der Waals surface area contributed by atoms with Gasteiger partial charge in [-0.05, 0) is 11.5 Å².